The van der Waals surface area contributed by atoms with Crippen LogP contribution in [-0.4, -0.2) is 17.5 Å². The maximum atomic E-state index is 12.3. The van der Waals surface area contributed by atoms with Crippen LogP contribution in [0.3, 0.4) is 0 Å². The van der Waals surface area contributed by atoms with E-state index < -0.39 is 0 Å². The maximum absolute atomic E-state index is 12.3. The summed E-state index contributed by atoms with van der Waals surface area (Å²) >= 11 is 11.9. The van der Waals surface area contributed by atoms with E-state index in [1.807, 2.05) is 24.3 Å². The van der Waals surface area contributed by atoms with Gasteiger partial charge in [0.1, 0.15) is 16.1 Å². The van der Waals surface area contributed by atoms with Crippen LogP contribution < -0.4 is 9.64 Å². The van der Waals surface area contributed by atoms with Gasteiger partial charge >= 0.3 is 0 Å². The molecule has 3 rings (SSSR count). The molecule has 2 heterocycles. The fraction of sp³-hybridized carbons (Fsp3) is 0.200. The Kier molecular flexibility index (Phi) is 3.99. The van der Waals surface area contributed by atoms with Gasteiger partial charge in [0.15, 0.2) is 0 Å². The Hall–Kier alpha value is -1.78. The smallest absolute Gasteiger partial charge is 0.230 e. The van der Waals surface area contributed by atoms with Crippen LogP contribution in [0.5, 0.6) is 5.75 Å². The van der Waals surface area contributed by atoms with Crippen molar-refractivity contribution < 1.29 is 9.53 Å². The molecule has 0 spiro atoms. The molecule has 1 aromatic heterocycles. The first-order valence-corrected chi connectivity index (χ1v) is 7.24. The average Bonchev–Trinajstić information content (AvgIpc) is 2.62. The van der Waals surface area contributed by atoms with Gasteiger partial charge in [-0.2, -0.15) is 0 Å². The van der Waals surface area contributed by atoms with Crippen LogP contribution in [0, 0.1) is 0 Å². The molecular weight excluding hydrogens is 311 g/mol. The molecule has 0 atom stereocenters. The van der Waals surface area contributed by atoms with Crippen LogP contribution in [0.25, 0.3) is 0 Å². The molecule has 0 aliphatic carbocycles. The van der Waals surface area contributed by atoms with E-state index >= 15 is 0 Å². The standard InChI is InChI=1S/C15H12Cl2N2O2/c16-13-6-5-10(15(17)18-13)9-19-11-3-1-2-4-12(11)21-8-7-14(19)20/h1-6H,7-9H2. The predicted molar refractivity (Wildman–Crippen MR) is 82.0 cm³/mol. The Balaban J connectivity index is 1.98. The number of hydrogen-bond acceptors (Lipinski definition) is 3. The molecule has 0 unspecified atom stereocenters. The molecule has 0 bridgehead atoms. The van der Waals surface area contributed by atoms with E-state index in [0.717, 1.165) is 11.3 Å². The second-order valence-corrected chi connectivity index (χ2v) is 5.38. The van der Waals surface area contributed by atoms with Gasteiger partial charge in [0, 0.05) is 5.56 Å². The first kappa shape index (κ1) is 14.2. The molecule has 0 saturated heterocycles. The summed E-state index contributed by atoms with van der Waals surface area (Å²) in [5, 5.41) is 0.632. The summed E-state index contributed by atoms with van der Waals surface area (Å²) in [6.45, 7) is 0.709. The number of carbonyl (C=O) groups is 1. The molecule has 4 nitrogen and oxygen atoms in total. The molecule has 2 aromatic rings. The van der Waals surface area contributed by atoms with Crippen LogP contribution in [0.2, 0.25) is 10.3 Å². The number of aromatic nitrogens is 1. The van der Waals surface area contributed by atoms with Crippen molar-refractivity contribution in [2.24, 2.45) is 0 Å². The highest BCUT2D eigenvalue weighted by molar-refractivity contribution is 6.32. The van der Waals surface area contributed by atoms with Crippen LogP contribution in [0.15, 0.2) is 36.4 Å². The number of hydrogen-bond donors (Lipinski definition) is 0. The molecule has 1 aliphatic heterocycles. The molecule has 1 amide bonds. The Morgan fingerprint density at radius 2 is 2.00 bits per heavy atom. The molecule has 0 radical (unpaired) electrons. The predicted octanol–water partition coefficient (Wildman–Crippen LogP) is 3.70. The van der Waals surface area contributed by atoms with Crippen molar-refractivity contribution in [1.82, 2.24) is 4.98 Å². The highest BCUT2D eigenvalue weighted by Crippen LogP contribution is 2.32. The SMILES string of the molecule is O=C1CCOc2ccccc2N1Cc1ccc(Cl)nc1Cl. The summed E-state index contributed by atoms with van der Waals surface area (Å²) in [6.07, 6.45) is 0.327. The summed E-state index contributed by atoms with van der Waals surface area (Å²) in [4.78, 5) is 18.0. The van der Waals surface area contributed by atoms with Crippen molar-refractivity contribution in [3.05, 3.63) is 52.3 Å². The number of benzene rings is 1. The van der Waals surface area contributed by atoms with Crippen molar-refractivity contribution in [3.63, 3.8) is 0 Å². The lowest BCUT2D eigenvalue weighted by Crippen LogP contribution is -2.29. The number of fused-ring (bicyclic) bond motifs is 1. The Labute approximate surface area is 132 Å². The monoisotopic (exact) mass is 322 g/mol. The molecule has 0 N–H and O–H groups in total. The summed E-state index contributed by atoms with van der Waals surface area (Å²) in [6, 6.07) is 10.9. The second-order valence-electron chi connectivity index (χ2n) is 4.63. The summed E-state index contributed by atoms with van der Waals surface area (Å²) < 4.78 is 5.60. The maximum Gasteiger partial charge on any atom is 0.230 e. The minimum absolute atomic E-state index is 0.00836. The number of rotatable bonds is 2. The molecule has 0 fully saturated rings. The Bertz CT molecular complexity index is 691. The van der Waals surface area contributed by atoms with Gasteiger partial charge in [0.2, 0.25) is 5.91 Å². The molecule has 1 aliphatic rings. The quantitative estimate of drug-likeness (QED) is 0.792. The van der Waals surface area contributed by atoms with Gasteiger partial charge in [-0.25, -0.2) is 4.98 Å². The summed E-state index contributed by atoms with van der Waals surface area (Å²) in [5.74, 6) is 0.687. The third-order valence-electron chi connectivity index (χ3n) is 3.25. The minimum atomic E-state index is -0.00836. The van der Waals surface area contributed by atoms with Crippen molar-refractivity contribution >= 4 is 34.8 Å². The normalized spacial score (nSPS) is 14.4. The number of para-hydroxylation sites is 2. The number of ether oxygens (including phenoxy) is 1. The first-order valence-electron chi connectivity index (χ1n) is 6.48. The van der Waals surface area contributed by atoms with E-state index in [1.165, 1.54) is 0 Å². The summed E-state index contributed by atoms with van der Waals surface area (Å²) in [5.41, 5.74) is 1.48. The highest BCUT2D eigenvalue weighted by Gasteiger charge is 2.23. The number of amides is 1. The van der Waals surface area contributed by atoms with E-state index in [4.69, 9.17) is 27.9 Å². The van der Waals surface area contributed by atoms with Gasteiger partial charge in [0.05, 0.1) is 25.3 Å². The lowest BCUT2D eigenvalue weighted by atomic mass is 10.2. The Morgan fingerprint density at radius 3 is 2.81 bits per heavy atom. The fourth-order valence-corrected chi connectivity index (χ4v) is 2.63. The molecule has 1 aromatic carbocycles. The first-order chi connectivity index (χ1) is 10.1. The minimum Gasteiger partial charge on any atom is -0.491 e. The van der Waals surface area contributed by atoms with E-state index in [1.54, 1.807) is 17.0 Å². The number of anilines is 1. The summed E-state index contributed by atoms with van der Waals surface area (Å²) in [7, 11) is 0. The fourth-order valence-electron chi connectivity index (χ4n) is 2.22. The number of halogens is 2. The number of carbonyl (C=O) groups excluding carboxylic acids is 1. The second kappa shape index (κ2) is 5.92. The molecule has 6 heteroatoms. The topological polar surface area (TPSA) is 42.4 Å². The van der Waals surface area contributed by atoms with Gasteiger partial charge in [-0.15, -0.1) is 0 Å². The van der Waals surface area contributed by atoms with Crippen molar-refractivity contribution in [2.75, 3.05) is 11.5 Å². The van der Waals surface area contributed by atoms with E-state index in [2.05, 4.69) is 4.98 Å². The van der Waals surface area contributed by atoms with Gasteiger partial charge in [-0.1, -0.05) is 41.4 Å². The van der Waals surface area contributed by atoms with Crippen LogP contribution in [0.4, 0.5) is 5.69 Å². The molecule has 108 valence electrons. The third kappa shape index (κ3) is 2.96. The highest BCUT2D eigenvalue weighted by atomic mass is 35.5. The zero-order valence-electron chi connectivity index (χ0n) is 11.1. The third-order valence-corrected chi connectivity index (χ3v) is 3.79. The average molecular weight is 323 g/mol. The van der Waals surface area contributed by atoms with E-state index in [-0.39, 0.29) is 5.91 Å². The zero-order chi connectivity index (χ0) is 14.8. The van der Waals surface area contributed by atoms with Crippen molar-refractivity contribution in [1.29, 1.82) is 0 Å². The van der Waals surface area contributed by atoms with E-state index in [0.29, 0.717) is 35.6 Å². The van der Waals surface area contributed by atoms with Crippen LogP contribution >= 0.6 is 23.2 Å². The van der Waals surface area contributed by atoms with Crippen molar-refractivity contribution in [3.8, 4) is 5.75 Å². The molecule has 0 saturated carbocycles. The van der Waals surface area contributed by atoms with Crippen molar-refractivity contribution in [2.45, 2.75) is 13.0 Å². The van der Waals surface area contributed by atoms with Crippen LogP contribution in [-0.2, 0) is 11.3 Å². The van der Waals surface area contributed by atoms with Gasteiger partial charge < -0.3 is 9.64 Å². The number of pyridine rings is 1. The molecule has 21 heavy (non-hydrogen) atoms. The van der Waals surface area contributed by atoms with Crippen LogP contribution in [0.1, 0.15) is 12.0 Å². The van der Waals surface area contributed by atoms with Gasteiger partial charge in [-0.05, 0) is 18.2 Å². The lowest BCUT2D eigenvalue weighted by molar-refractivity contribution is -0.118. The van der Waals surface area contributed by atoms with E-state index in [9.17, 15) is 4.79 Å². The molecular formula is C15H12Cl2N2O2. The Morgan fingerprint density at radius 1 is 1.19 bits per heavy atom. The zero-order valence-corrected chi connectivity index (χ0v) is 12.6. The lowest BCUT2D eigenvalue weighted by Gasteiger charge is -2.22. The van der Waals surface area contributed by atoms with Gasteiger partial charge in [-0.3, -0.25) is 4.79 Å². The number of nitrogens with zero attached hydrogens (tertiary/aromatic N) is 2. The largest absolute Gasteiger partial charge is 0.491 e. The van der Waals surface area contributed by atoms with Gasteiger partial charge in [0.25, 0.3) is 0 Å².